The Morgan fingerprint density at radius 3 is 2.94 bits per heavy atom. The molecule has 1 N–H and O–H groups in total. The number of anilines is 1. The third kappa shape index (κ3) is 3.65. The van der Waals surface area contributed by atoms with Crippen molar-refractivity contribution in [2.75, 3.05) is 25.0 Å². The van der Waals surface area contributed by atoms with Gasteiger partial charge >= 0.3 is 0 Å². The number of aromatic nitrogens is 2. The lowest BCUT2D eigenvalue weighted by molar-refractivity contribution is 0.254. The first-order chi connectivity index (χ1) is 8.61. The second kappa shape index (κ2) is 5.97. The van der Waals surface area contributed by atoms with Gasteiger partial charge in [0.05, 0.1) is 0 Å². The smallest absolute Gasteiger partial charge is 0.134 e. The molecular weight excluding hydrogens is 244 g/mol. The molecule has 2 rings (SSSR count). The highest BCUT2D eigenvalue weighted by atomic mass is 32.1. The fraction of sp³-hybridized carbons (Fsp3) is 0.846. The lowest BCUT2D eigenvalue weighted by Crippen LogP contribution is -2.25. The fourth-order valence-corrected chi connectivity index (χ4v) is 3.10. The van der Waals surface area contributed by atoms with Crippen LogP contribution in [-0.2, 0) is 6.54 Å². The molecule has 0 aromatic carbocycles. The Bertz CT molecular complexity index is 375. The first kappa shape index (κ1) is 13.7. The summed E-state index contributed by atoms with van der Waals surface area (Å²) in [6.07, 6.45) is 3.90. The molecule has 2 heterocycles. The first-order valence-electron chi connectivity index (χ1n) is 6.88. The van der Waals surface area contributed by atoms with E-state index < -0.39 is 0 Å². The maximum atomic E-state index is 4.26. The molecule has 0 radical (unpaired) electrons. The molecule has 1 aromatic heterocycles. The normalized spacial score (nSPS) is 20.6. The molecule has 5 heteroatoms. The summed E-state index contributed by atoms with van der Waals surface area (Å²) in [4.78, 5) is 2.52. The van der Waals surface area contributed by atoms with Gasteiger partial charge in [-0.05, 0) is 44.7 Å². The highest BCUT2D eigenvalue weighted by Gasteiger charge is 2.23. The van der Waals surface area contributed by atoms with E-state index in [4.69, 9.17) is 0 Å². The minimum absolute atomic E-state index is 0.500. The minimum atomic E-state index is 0.500. The SMILES string of the molecule is CCNc1snnc1CN1CCCC(C)(C)CC1. The average molecular weight is 268 g/mol. The van der Waals surface area contributed by atoms with Gasteiger partial charge in [0.2, 0.25) is 0 Å². The van der Waals surface area contributed by atoms with Gasteiger partial charge < -0.3 is 5.32 Å². The van der Waals surface area contributed by atoms with E-state index in [1.165, 1.54) is 43.9 Å². The van der Waals surface area contributed by atoms with E-state index in [2.05, 4.69) is 40.6 Å². The summed E-state index contributed by atoms with van der Waals surface area (Å²) in [7, 11) is 0. The van der Waals surface area contributed by atoms with Crippen molar-refractivity contribution in [2.45, 2.75) is 46.6 Å². The molecule has 1 fully saturated rings. The highest BCUT2D eigenvalue weighted by molar-refractivity contribution is 7.10. The van der Waals surface area contributed by atoms with Gasteiger partial charge in [0.15, 0.2) is 0 Å². The van der Waals surface area contributed by atoms with Crippen molar-refractivity contribution in [3.05, 3.63) is 5.69 Å². The standard InChI is InChI=1S/C13H24N4S/c1-4-14-12-11(15-16-18-12)10-17-8-5-6-13(2,3)7-9-17/h14H,4-10H2,1-3H3. The topological polar surface area (TPSA) is 41.1 Å². The van der Waals surface area contributed by atoms with Crippen LogP contribution in [0.2, 0.25) is 0 Å². The van der Waals surface area contributed by atoms with E-state index in [-0.39, 0.29) is 0 Å². The van der Waals surface area contributed by atoms with E-state index in [0.717, 1.165) is 23.8 Å². The zero-order valence-electron chi connectivity index (χ0n) is 11.7. The van der Waals surface area contributed by atoms with Crippen LogP contribution in [0.1, 0.15) is 45.7 Å². The number of nitrogens with zero attached hydrogens (tertiary/aromatic N) is 3. The van der Waals surface area contributed by atoms with Gasteiger partial charge in [-0.2, -0.15) is 0 Å². The molecule has 0 unspecified atom stereocenters. The Labute approximate surface area is 114 Å². The Morgan fingerprint density at radius 1 is 1.33 bits per heavy atom. The van der Waals surface area contributed by atoms with E-state index in [9.17, 15) is 0 Å². The number of nitrogens with one attached hydrogen (secondary N) is 1. The largest absolute Gasteiger partial charge is 0.374 e. The lowest BCUT2D eigenvalue weighted by atomic mass is 9.85. The summed E-state index contributed by atoms with van der Waals surface area (Å²) in [5.74, 6) is 0. The van der Waals surface area contributed by atoms with E-state index in [0.29, 0.717) is 5.41 Å². The van der Waals surface area contributed by atoms with Crippen molar-refractivity contribution in [2.24, 2.45) is 5.41 Å². The zero-order chi connectivity index (χ0) is 13.0. The van der Waals surface area contributed by atoms with E-state index >= 15 is 0 Å². The number of likely N-dealkylation sites (tertiary alicyclic amines) is 1. The number of hydrogen-bond acceptors (Lipinski definition) is 5. The summed E-state index contributed by atoms with van der Waals surface area (Å²) >= 11 is 1.47. The molecule has 1 aliphatic rings. The summed E-state index contributed by atoms with van der Waals surface area (Å²) in [5.41, 5.74) is 1.61. The van der Waals surface area contributed by atoms with E-state index in [1.54, 1.807) is 0 Å². The van der Waals surface area contributed by atoms with Crippen molar-refractivity contribution in [1.82, 2.24) is 14.5 Å². The summed E-state index contributed by atoms with van der Waals surface area (Å²) in [6, 6.07) is 0. The Hall–Kier alpha value is -0.680. The van der Waals surface area contributed by atoms with Crippen LogP contribution >= 0.6 is 11.5 Å². The highest BCUT2D eigenvalue weighted by Crippen LogP contribution is 2.30. The third-order valence-corrected chi connectivity index (χ3v) is 4.42. The lowest BCUT2D eigenvalue weighted by Gasteiger charge is -2.22. The number of rotatable bonds is 4. The monoisotopic (exact) mass is 268 g/mol. The van der Waals surface area contributed by atoms with Crippen molar-refractivity contribution in [3.63, 3.8) is 0 Å². The van der Waals surface area contributed by atoms with Gasteiger partial charge in [-0.25, -0.2) is 0 Å². The maximum Gasteiger partial charge on any atom is 0.134 e. The van der Waals surface area contributed by atoms with Crippen LogP contribution in [0.25, 0.3) is 0 Å². The van der Waals surface area contributed by atoms with Crippen molar-refractivity contribution < 1.29 is 0 Å². The van der Waals surface area contributed by atoms with Crippen LogP contribution < -0.4 is 5.32 Å². The third-order valence-electron chi connectivity index (χ3n) is 3.70. The summed E-state index contributed by atoms with van der Waals surface area (Å²) in [6.45, 7) is 11.1. The van der Waals surface area contributed by atoms with Crippen LogP contribution in [0.4, 0.5) is 5.00 Å². The molecule has 0 aliphatic carbocycles. The van der Waals surface area contributed by atoms with Crippen LogP contribution in [0, 0.1) is 5.41 Å². The minimum Gasteiger partial charge on any atom is -0.374 e. The van der Waals surface area contributed by atoms with Crippen molar-refractivity contribution in [3.8, 4) is 0 Å². The van der Waals surface area contributed by atoms with Crippen molar-refractivity contribution in [1.29, 1.82) is 0 Å². The van der Waals surface area contributed by atoms with Crippen LogP contribution in [-0.4, -0.2) is 34.1 Å². The van der Waals surface area contributed by atoms with E-state index in [1.807, 2.05) is 0 Å². The average Bonchev–Trinajstić information content (AvgIpc) is 2.66. The number of hydrogen-bond donors (Lipinski definition) is 1. The van der Waals surface area contributed by atoms with Gasteiger partial charge in [-0.1, -0.05) is 18.3 Å². The molecule has 1 saturated heterocycles. The summed E-state index contributed by atoms with van der Waals surface area (Å²) < 4.78 is 4.06. The van der Waals surface area contributed by atoms with Crippen LogP contribution in [0.15, 0.2) is 0 Å². The van der Waals surface area contributed by atoms with Gasteiger partial charge in [0.1, 0.15) is 10.7 Å². The first-order valence-corrected chi connectivity index (χ1v) is 7.65. The molecule has 1 aromatic rings. The molecule has 0 amide bonds. The Kier molecular flexibility index (Phi) is 4.56. The Balaban J connectivity index is 1.94. The predicted octanol–water partition coefficient (Wildman–Crippen LogP) is 2.98. The second-order valence-electron chi connectivity index (χ2n) is 5.87. The maximum absolute atomic E-state index is 4.26. The van der Waals surface area contributed by atoms with Crippen molar-refractivity contribution >= 4 is 16.5 Å². The quantitative estimate of drug-likeness (QED) is 0.911. The molecule has 102 valence electrons. The van der Waals surface area contributed by atoms with Gasteiger partial charge in [-0.15, -0.1) is 5.10 Å². The molecule has 0 saturated carbocycles. The molecule has 1 aliphatic heterocycles. The molecular formula is C13H24N4S. The van der Waals surface area contributed by atoms with Crippen LogP contribution in [0.5, 0.6) is 0 Å². The predicted molar refractivity (Wildman–Crippen MR) is 77.0 cm³/mol. The Morgan fingerprint density at radius 2 is 2.17 bits per heavy atom. The molecule has 4 nitrogen and oxygen atoms in total. The van der Waals surface area contributed by atoms with Gasteiger partial charge in [0.25, 0.3) is 0 Å². The summed E-state index contributed by atoms with van der Waals surface area (Å²) in [5, 5.41) is 8.74. The van der Waals surface area contributed by atoms with Gasteiger partial charge in [0, 0.05) is 24.6 Å². The molecule has 0 spiro atoms. The zero-order valence-corrected chi connectivity index (χ0v) is 12.5. The van der Waals surface area contributed by atoms with Gasteiger partial charge in [-0.3, -0.25) is 4.90 Å². The molecule has 0 atom stereocenters. The second-order valence-corrected chi connectivity index (χ2v) is 6.63. The fourth-order valence-electron chi connectivity index (χ4n) is 2.46. The molecule has 18 heavy (non-hydrogen) atoms. The van der Waals surface area contributed by atoms with Crippen LogP contribution in [0.3, 0.4) is 0 Å². The molecule has 0 bridgehead atoms.